The van der Waals surface area contributed by atoms with E-state index in [-0.39, 0.29) is 0 Å². The van der Waals surface area contributed by atoms with Crippen molar-refractivity contribution in [3.8, 4) is 0 Å². The Morgan fingerprint density at radius 2 is 1.79 bits per heavy atom. The quantitative estimate of drug-likeness (QED) is 0.898. The van der Waals surface area contributed by atoms with Crippen molar-refractivity contribution < 1.29 is 0 Å². The second kappa shape index (κ2) is 5.74. The van der Waals surface area contributed by atoms with E-state index in [9.17, 15) is 0 Å². The van der Waals surface area contributed by atoms with E-state index in [1.807, 2.05) is 6.92 Å². The van der Waals surface area contributed by atoms with Crippen LogP contribution in [0.1, 0.15) is 38.1 Å². The zero-order valence-electron chi connectivity index (χ0n) is 12.5. The largest absolute Gasteiger partial charge is 0.383 e. The molecule has 1 aromatic rings. The lowest BCUT2D eigenvalue weighted by Gasteiger charge is -2.35. The molecule has 0 saturated carbocycles. The van der Waals surface area contributed by atoms with Crippen LogP contribution in [0.15, 0.2) is 0 Å². The van der Waals surface area contributed by atoms with Gasteiger partial charge in [-0.1, -0.05) is 20.8 Å². The Kier molecular flexibility index (Phi) is 4.24. The Morgan fingerprint density at radius 1 is 1.16 bits per heavy atom. The molecule has 2 rings (SSSR count). The summed E-state index contributed by atoms with van der Waals surface area (Å²) in [5.41, 5.74) is 7.04. The zero-order chi connectivity index (χ0) is 14.0. The van der Waals surface area contributed by atoms with Gasteiger partial charge in [0.1, 0.15) is 17.5 Å². The van der Waals surface area contributed by atoms with Gasteiger partial charge in [0.2, 0.25) is 0 Å². The van der Waals surface area contributed by atoms with Gasteiger partial charge in [-0.25, -0.2) is 9.97 Å². The fourth-order valence-corrected chi connectivity index (χ4v) is 2.38. The van der Waals surface area contributed by atoms with Gasteiger partial charge in [0, 0.05) is 37.7 Å². The highest BCUT2D eigenvalue weighted by Gasteiger charge is 2.21. The summed E-state index contributed by atoms with van der Waals surface area (Å²) in [6.45, 7) is 13.8. The molecule has 2 heterocycles. The molecule has 1 fully saturated rings. The Morgan fingerprint density at radius 3 is 2.32 bits per heavy atom. The molecule has 0 atom stereocenters. The molecular weight excluding hydrogens is 238 g/mol. The van der Waals surface area contributed by atoms with E-state index in [0.29, 0.717) is 11.7 Å². The predicted molar refractivity (Wildman–Crippen MR) is 79.6 cm³/mol. The minimum absolute atomic E-state index is 0.304. The molecule has 0 amide bonds. The fourth-order valence-electron chi connectivity index (χ4n) is 2.38. The standard InChI is InChI=1S/C14H25N5/c1-5-18-6-8-19(9-7-18)14-11(4)12(15)16-13(17-14)10(2)3/h10H,5-9H2,1-4H3,(H2,15,16,17). The topological polar surface area (TPSA) is 58.3 Å². The maximum absolute atomic E-state index is 6.03. The molecule has 1 saturated heterocycles. The van der Waals surface area contributed by atoms with Crippen LogP contribution in [-0.4, -0.2) is 47.6 Å². The van der Waals surface area contributed by atoms with Crippen LogP contribution < -0.4 is 10.6 Å². The molecule has 1 aliphatic heterocycles. The molecule has 0 aromatic carbocycles. The van der Waals surface area contributed by atoms with Gasteiger partial charge in [-0.15, -0.1) is 0 Å². The van der Waals surface area contributed by atoms with E-state index in [4.69, 9.17) is 10.7 Å². The number of hydrogen-bond donors (Lipinski definition) is 1. The normalized spacial score (nSPS) is 17.2. The van der Waals surface area contributed by atoms with Gasteiger partial charge >= 0.3 is 0 Å². The van der Waals surface area contributed by atoms with Crippen molar-refractivity contribution in [3.05, 3.63) is 11.4 Å². The number of aromatic nitrogens is 2. The van der Waals surface area contributed by atoms with Crippen LogP contribution in [0, 0.1) is 6.92 Å². The number of nitrogens with zero attached hydrogens (tertiary/aromatic N) is 4. The van der Waals surface area contributed by atoms with Crippen molar-refractivity contribution in [1.29, 1.82) is 0 Å². The van der Waals surface area contributed by atoms with Gasteiger partial charge in [0.25, 0.3) is 0 Å². The van der Waals surface area contributed by atoms with Crippen molar-refractivity contribution in [1.82, 2.24) is 14.9 Å². The number of likely N-dealkylation sites (N-methyl/N-ethyl adjacent to an activating group) is 1. The number of rotatable bonds is 3. The van der Waals surface area contributed by atoms with Crippen LogP contribution in [0.5, 0.6) is 0 Å². The van der Waals surface area contributed by atoms with Crippen molar-refractivity contribution in [3.63, 3.8) is 0 Å². The van der Waals surface area contributed by atoms with E-state index in [1.54, 1.807) is 0 Å². The molecule has 1 aliphatic rings. The minimum atomic E-state index is 0.304. The lowest BCUT2D eigenvalue weighted by atomic mass is 10.2. The summed E-state index contributed by atoms with van der Waals surface area (Å²) in [6, 6.07) is 0. The summed E-state index contributed by atoms with van der Waals surface area (Å²) < 4.78 is 0. The summed E-state index contributed by atoms with van der Waals surface area (Å²) in [5.74, 6) is 2.79. The van der Waals surface area contributed by atoms with Crippen LogP contribution in [-0.2, 0) is 0 Å². The third-order valence-electron chi connectivity index (χ3n) is 3.81. The van der Waals surface area contributed by atoms with E-state index < -0.39 is 0 Å². The van der Waals surface area contributed by atoms with Crippen molar-refractivity contribution in [2.45, 2.75) is 33.6 Å². The van der Waals surface area contributed by atoms with Crippen molar-refractivity contribution in [2.24, 2.45) is 0 Å². The van der Waals surface area contributed by atoms with E-state index in [2.05, 4.69) is 35.6 Å². The first kappa shape index (κ1) is 14.1. The zero-order valence-corrected chi connectivity index (χ0v) is 12.5. The second-order valence-corrected chi connectivity index (χ2v) is 5.49. The first-order valence-corrected chi connectivity index (χ1v) is 7.14. The lowest BCUT2D eigenvalue weighted by molar-refractivity contribution is 0.270. The third-order valence-corrected chi connectivity index (χ3v) is 3.81. The molecular formula is C14H25N5. The second-order valence-electron chi connectivity index (χ2n) is 5.49. The van der Waals surface area contributed by atoms with E-state index in [1.165, 1.54) is 0 Å². The fraction of sp³-hybridized carbons (Fsp3) is 0.714. The number of anilines is 2. The Labute approximate surface area is 115 Å². The maximum Gasteiger partial charge on any atom is 0.137 e. The summed E-state index contributed by atoms with van der Waals surface area (Å²) in [6.07, 6.45) is 0. The van der Waals surface area contributed by atoms with Crippen molar-refractivity contribution in [2.75, 3.05) is 43.4 Å². The predicted octanol–water partition coefficient (Wildman–Crippen LogP) is 1.63. The van der Waals surface area contributed by atoms with Crippen LogP contribution in [0.25, 0.3) is 0 Å². The molecule has 0 unspecified atom stereocenters. The molecule has 19 heavy (non-hydrogen) atoms. The van der Waals surface area contributed by atoms with Crippen LogP contribution >= 0.6 is 0 Å². The molecule has 0 bridgehead atoms. The van der Waals surface area contributed by atoms with Gasteiger partial charge in [0.15, 0.2) is 0 Å². The Bertz CT molecular complexity index is 436. The van der Waals surface area contributed by atoms with Gasteiger partial charge in [0.05, 0.1) is 0 Å². The Balaban J connectivity index is 2.24. The van der Waals surface area contributed by atoms with Crippen LogP contribution in [0.4, 0.5) is 11.6 Å². The van der Waals surface area contributed by atoms with Gasteiger partial charge in [-0.05, 0) is 13.5 Å². The molecule has 106 valence electrons. The molecule has 2 N–H and O–H groups in total. The molecule has 1 aromatic heterocycles. The van der Waals surface area contributed by atoms with Gasteiger partial charge < -0.3 is 15.5 Å². The Hall–Kier alpha value is -1.36. The molecule has 5 heteroatoms. The first-order valence-electron chi connectivity index (χ1n) is 7.14. The van der Waals surface area contributed by atoms with E-state index >= 15 is 0 Å². The number of piperazine rings is 1. The number of hydrogen-bond acceptors (Lipinski definition) is 5. The highest BCUT2D eigenvalue weighted by molar-refractivity contribution is 5.56. The number of nitrogen functional groups attached to an aromatic ring is 1. The maximum atomic E-state index is 6.03. The molecule has 0 aliphatic carbocycles. The average Bonchev–Trinajstić information content (AvgIpc) is 2.41. The highest BCUT2D eigenvalue weighted by atomic mass is 15.3. The summed E-state index contributed by atoms with van der Waals surface area (Å²) >= 11 is 0. The summed E-state index contributed by atoms with van der Waals surface area (Å²) in [4.78, 5) is 13.9. The average molecular weight is 263 g/mol. The first-order chi connectivity index (χ1) is 9.02. The molecule has 0 spiro atoms. The highest BCUT2D eigenvalue weighted by Crippen LogP contribution is 2.25. The van der Waals surface area contributed by atoms with Crippen molar-refractivity contribution >= 4 is 11.6 Å². The SMILES string of the molecule is CCN1CCN(c2nc(C(C)C)nc(N)c2C)CC1. The molecule has 5 nitrogen and oxygen atoms in total. The smallest absolute Gasteiger partial charge is 0.137 e. The van der Waals surface area contributed by atoms with E-state index in [0.717, 1.165) is 49.9 Å². The summed E-state index contributed by atoms with van der Waals surface area (Å²) in [5, 5.41) is 0. The van der Waals surface area contributed by atoms with Gasteiger partial charge in [-0.2, -0.15) is 0 Å². The lowest BCUT2D eigenvalue weighted by Crippen LogP contribution is -2.46. The molecule has 0 radical (unpaired) electrons. The number of nitrogens with two attached hydrogens (primary N) is 1. The monoisotopic (exact) mass is 263 g/mol. The third kappa shape index (κ3) is 2.97. The summed E-state index contributed by atoms with van der Waals surface area (Å²) in [7, 11) is 0. The van der Waals surface area contributed by atoms with Crippen LogP contribution in [0.3, 0.4) is 0 Å². The van der Waals surface area contributed by atoms with Gasteiger partial charge in [-0.3, -0.25) is 0 Å². The minimum Gasteiger partial charge on any atom is -0.383 e. The van der Waals surface area contributed by atoms with Crippen LogP contribution in [0.2, 0.25) is 0 Å².